The fraction of sp³-hybridized carbons (Fsp3) is 0.357. The van der Waals surface area contributed by atoms with Crippen molar-refractivity contribution < 1.29 is 9.53 Å². The third kappa shape index (κ3) is 2.24. The number of aromatic nitrogens is 1. The number of esters is 1. The van der Waals surface area contributed by atoms with E-state index in [2.05, 4.69) is 4.98 Å². The molecule has 96 valence electrons. The van der Waals surface area contributed by atoms with Crippen LogP contribution in [0.25, 0.3) is 10.9 Å². The van der Waals surface area contributed by atoms with Crippen molar-refractivity contribution in [3.05, 3.63) is 36.0 Å². The van der Waals surface area contributed by atoms with Crippen LogP contribution in [0.1, 0.15) is 18.5 Å². The lowest BCUT2D eigenvalue weighted by molar-refractivity contribution is -0.148. The Morgan fingerprint density at radius 1 is 1.39 bits per heavy atom. The van der Waals surface area contributed by atoms with Crippen LogP contribution in [-0.4, -0.2) is 36.6 Å². The summed E-state index contributed by atoms with van der Waals surface area (Å²) in [4.78, 5) is 17.1. The maximum absolute atomic E-state index is 12.0. The predicted octanol–water partition coefficient (Wildman–Crippen LogP) is 2.33. The van der Waals surface area contributed by atoms with Crippen LogP contribution in [0.2, 0.25) is 0 Å². The van der Waals surface area contributed by atoms with E-state index in [9.17, 15) is 4.79 Å². The van der Waals surface area contributed by atoms with Crippen LogP contribution in [0.4, 0.5) is 0 Å². The van der Waals surface area contributed by atoms with Gasteiger partial charge in [-0.3, -0.25) is 4.90 Å². The monoisotopic (exact) mass is 246 g/mol. The van der Waals surface area contributed by atoms with Gasteiger partial charge >= 0.3 is 5.97 Å². The lowest BCUT2D eigenvalue weighted by Crippen LogP contribution is -2.29. The number of rotatable bonds is 4. The molecule has 0 saturated carbocycles. The Bertz CT molecular complexity index is 545. The molecule has 0 saturated heterocycles. The predicted molar refractivity (Wildman–Crippen MR) is 71.4 cm³/mol. The maximum Gasteiger partial charge on any atom is 0.328 e. The number of carbonyl (C=O) groups excluding carboxylic acids is 1. The summed E-state index contributed by atoms with van der Waals surface area (Å²) in [6, 6.07) is 7.57. The molecule has 0 fully saturated rings. The number of benzene rings is 1. The van der Waals surface area contributed by atoms with Gasteiger partial charge in [0.2, 0.25) is 0 Å². The lowest BCUT2D eigenvalue weighted by atomic mass is 10.1. The van der Waals surface area contributed by atoms with E-state index in [1.807, 2.05) is 56.4 Å². The third-order valence-corrected chi connectivity index (χ3v) is 2.94. The molecule has 2 rings (SSSR count). The molecular formula is C14H18N2O2. The molecule has 0 amide bonds. The van der Waals surface area contributed by atoms with E-state index in [1.54, 1.807) is 0 Å². The maximum atomic E-state index is 12.0. The van der Waals surface area contributed by atoms with Gasteiger partial charge in [0, 0.05) is 22.7 Å². The van der Waals surface area contributed by atoms with Crippen LogP contribution in [-0.2, 0) is 9.53 Å². The number of likely N-dealkylation sites (N-methyl/N-ethyl adjacent to an activating group) is 1. The second-order valence-electron chi connectivity index (χ2n) is 4.41. The number of fused-ring (bicyclic) bond motifs is 1. The van der Waals surface area contributed by atoms with Crippen LogP contribution in [0.15, 0.2) is 30.5 Å². The molecule has 0 aliphatic rings. The highest BCUT2D eigenvalue weighted by atomic mass is 16.5. The molecule has 1 aromatic carbocycles. The molecule has 4 heteroatoms. The first-order chi connectivity index (χ1) is 8.65. The Morgan fingerprint density at radius 3 is 2.78 bits per heavy atom. The Hall–Kier alpha value is -1.81. The highest BCUT2D eigenvalue weighted by Gasteiger charge is 2.26. The minimum absolute atomic E-state index is 0.216. The molecule has 4 nitrogen and oxygen atoms in total. The van der Waals surface area contributed by atoms with E-state index in [0.29, 0.717) is 6.61 Å². The number of hydrogen-bond donors (Lipinski definition) is 1. The average molecular weight is 246 g/mol. The van der Waals surface area contributed by atoms with E-state index < -0.39 is 0 Å². The summed E-state index contributed by atoms with van der Waals surface area (Å²) in [5.41, 5.74) is 1.98. The van der Waals surface area contributed by atoms with Gasteiger partial charge in [0.1, 0.15) is 6.04 Å². The van der Waals surface area contributed by atoms with Crippen LogP contribution in [0.3, 0.4) is 0 Å². The normalized spacial score (nSPS) is 12.9. The first kappa shape index (κ1) is 12.6. The minimum Gasteiger partial charge on any atom is -0.465 e. The molecule has 0 bridgehead atoms. The van der Waals surface area contributed by atoms with Crippen LogP contribution < -0.4 is 0 Å². The van der Waals surface area contributed by atoms with Gasteiger partial charge < -0.3 is 9.72 Å². The minimum atomic E-state index is -0.374. The molecule has 1 unspecified atom stereocenters. The van der Waals surface area contributed by atoms with E-state index in [1.165, 1.54) is 0 Å². The first-order valence-corrected chi connectivity index (χ1v) is 6.04. The zero-order valence-corrected chi connectivity index (χ0v) is 10.9. The molecule has 1 atom stereocenters. The summed E-state index contributed by atoms with van der Waals surface area (Å²) >= 11 is 0. The van der Waals surface area contributed by atoms with E-state index in [-0.39, 0.29) is 12.0 Å². The fourth-order valence-corrected chi connectivity index (χ4v) is 2.16. The second-order valence-corrected chi connectivity index (χ2v) is 4.41. The number of nitrogens with zero attached hydrogens (tertiary/aromatic N) is 1. The lowest BCUT2D eigenvalue weighted by Gasteiger charge is -2.22. The largest absolute Gasteiger partial charge is 0.465 e. The van der Waals surface area contributed by atoms with Crippen molar-refractivity contribution in [2.24, 2.45) is 0 Å². The number of aromatic amines is 1. The van der Waals surface area contributed by atoms with E-state index in [0.717, 1.165) is 16.5 Å². The number of hydrogen-bond acceptors (Lipinski definition) is 3. The van der Waals surface area contributed by atoms with Crippen molar-refractivity contribution in [1.29, 1.82) is 0 Å². The molecule has 1 heterocycles. The molecule has 0 spiro atoms. The van der Waals surface area contributed by atoms with Gasteiger partial charge in [-0.05, 0) is 27.1 Å². The summed E-state index contributed by atoms with van der Waals surface area (Å²) in [5.74, 6) is -0.216. The van der Waals surface area contributed by atoms with Gasteiger partial charge in [0.05, 0.1) is 6.61 Å². The van der Waals surface area contributed by atoms with Crippen LogP contribution >= 0.6 is 0 Å². The summed E-state index contributed by atoms with van der Waals surface area (Å²) in [6.07, 6.45) is 1.88. The molecular weight excluding hydrogens is 228 g/mol. The highest BCUT2D eigenvalue weighted by molar-refractivity contribution is 5.89. The molecule has 0 radical (unpaired) electrons. The van der Waals surface area contributed by atoms with Crippen molar-refractivity contribution in [2.75, 3.05) is 20.7 Å². The molecule has 2 aromatic rings. The smallest absolute Gasteiger partial charge is 0.328 e. The summed E-state index contributed by atoms with van der Waals surface area (Å²) in [7, 11) is 3.76. The zero-order chi connectivity index (χ0) is 13.1. The van der Waals surface area contributed by atoms with Gasteiger partial charge in [-0.1, -0.05) is 18.2 Å². The Labute approximate surface area is 107 Å². The first-order valence-electron chi connectivity index (χ1n) is 6.04. The van der Waals surface area contributed by atoms with E-state index >= 15 is 0 Å². The standard InChI is InChI=1S/C14H18N2O2/c1-4-18-14(17)13(16(2)3)11-9-15-12-8-6-5-7-10(11)12/h5-9,13,15H,4H2,1-3H3. The SMILES string of the molecule is CCOC(=O)C(c1c[nH]c2ccccc12)N(C)C. The summed E-state index contributed by atoms with van der Waals surface area (Å²) in [5, 5.41) is 1.06. The Morgan fingerprint density at radius 2 is 2.11 bits per heavy atom. The van der Waals surface area contributed by atoms with Crippen molar-refractivity contribution in [1.82, 2.24) is 9.88 Å². The highest BCUT2D eigenvalue weighted by Crippen LogP contribution is 2.27. The second kappa shape index (κ2) is 5.23. The molecule has 0 aliphatic carbocycles. The van der Waals surface area contributed by atoms with Gasteiger partial charge in [0.25, 0.3) is 0 Å². The number of carbonyl (C=O) groups is 1. The van der Waals surface area contributed by atoms with Gasteiger partial charge in [-0.25, -0.2) is 4.79 Å². The molecule has 0 aliphatic heterocycles. The Balaban J connectivity index is 2.45. The third-order valence-electron chi connectivity index (χ3n) is 2.94. The van der Waals surface area contributed by atoms with Crippen LogP contribution in [0, 0.1) is 0 Å². The quantitative estimate of drug-likeness (QED) is 0.842. The summed E-state index contributed by atoms with van der Waals surface area (Å²) in [6.45, 7) is 2.21. The number of para-hydroxylation sites is 1. The Kier molecular flexibility index (Phi) is 3.67. The summed E-state index contributed by atoms with van der Waals surface area (Å²) < 4.78 is 5.14. The zero-order valence-electron chi connectivity index (χ0n) is 10.9. The number of ether oxygens (including phenoxy) is 1. The molecule has 1 N–H and O–H groups in total. The van der Waals surface area contributed by atoms with Crippen molar-refractivity contribution in [3.8, 4) is 0 Å². The van der Waals surface area contributed by atoms with Crippen molar-refractivity contribution >= 4 is 16.9 Å². The van der Waals surface area contributed by atoms with Gasteiger partial charge in [-0.15, -0.1) is 0 Å². The van der Waals surface area contributed by atoms with Crippen molar-refractivity contribution in [3.63, 3.8) is 0 Å². The van der Waals surface area contributed by atoms with E-state index in [4.69, 9.17) is 4.74 Å². The fourth-order valence-electron chi connectivity index (χ4n) is 2.16. The van der Waals surface area contributed by atoms with Crippen molar-refractivity contribution in [2.45, 2.75) is 13.0 Å². The number of nitrogens with one attached hydrogen (secondary N) is 1. The average Bonchev–Trinajstić information content (AvgIpc) is 2.74. The topological polar surface area (TPSA) is 45.3 Å². The molecule has 18 heavy (non-hydrogen) atoms. The van der Waals surface area contributed by atoms with Crippen LogP contribution in [0.5, 0.6) is 0 Å². The van der Waals surface area contributed by atoms with Gasteiger partial charge in [-0.2, -0.15) is 0 Å². The number of H-pyrrole nitrogens is 1. The molecule has 1 aromatic heterocycles. The van der Waals surface area contributed by atoms with Gasteiger partial charge in [0.15, 0.2) is 0 Å².